The molecule has 0 bridgehead atoms. The van der Waals surface area contributed by atoms with E-state index in [4.69, 9.17) is 37.9 Å². The van der Waals surface area contributed by atoms with E-state index in [2.05, 4.69) is 0 Å². The standard InChI is InChI=1S/C36H34O10/c37-35(25-3-7-29(8-4-25)41-21-33-23-43-33)45-31-15-11-27(12-16-31)39-19-1-2-20-40-28-13-17-32(18-14-28)46-36(38)26-5-9-30(10-6-26)42-22-34-24-44-34/h3-18,33-34H,1-2,19-24H2. The van der Waals surface area contributed by atoms with Gasteiger partial charge in [0.25, 0.3) is 0 Å². The van der Waals surface area contributed by atoms with Crippen molar-refractivity contribution < 1.29 is 47.5 Å². The highest BCUT2D eigenvalue weighted by Crippen LogP contribution is 2.22. The Morgan fingerprint density at radius 1 is 0.478 bits per heavy atom. The number of hydrogen-bond donors (Lipinski definition) is 0. The number of ether oxygens (including phenoxy) is 8. The molecule has 10 nitrogen and oxygen atoms in total. The summed E-state index contributed by atoms with van der Waals surface area (Å²) in [6.45, 7) is 3.51. The van der Waals surface area contributed by atoms with E-state index in [1.165, 1.54) is 0 Å². The Kier molecular flexibility index (Phi) is 10.3. The summed E-state index contributed by atoms with van der Waals surface area (Å²) in [4.78, 5) is 24.9. The Labute approximate surface area is 266 Å². The second kappa shape index (κ2) is 15.3. The van der Waals surface area contributed by atoms with E-state index in [9.17, 15) is 9.59 Å². The lowest BCUT2D eigenvalue weighted by atomic mass is 10.2. The zero-order chi connectivity index (χ0) is 31.6. The van der Waals surface area contributed by atoms with Crippen molar-refractivity contribution in [3.05, 3.63) is 108 Å². The maximum absolute atomic E-state index is 12.5. The topological polar surface area (TPSA) is 115 Å². The minimum absolute atomic E-state index is 0.173. The van der Waals surface area contributed by atoms with Gasteiger partial charge in [-0.2, -0.15) is 0 Å². The van der Waals surface area contributed by atoms with Gasteiger partial charge in [0, 0.05) is 0 Å². The van der Waals surface area contributed by atoms with Gasteiger partial charge in [0.1, 0.15) is 59.9 Å². The van der Waals surface area contributed by atoms with Crippen LogP contribution in [0, 0.1) is 0 Å². The molecule has 0 aromatic heterocycles. The molecule has 0 aliphatic carbocycles. The van der Waals surface area contributed by atoms with E-state index in [0.29, 0.717) is 72.1 Å². The van der Waals surface area contributed by atoms with Crippen molar-refractivity contribution in [3.63, 3.8) is 0 Å². The predicted molar refractivity (Wildman–Crippen MR) is 166 cm³/mol. The molecule has 0 spiro atoms. The van der Waals surface area contributed by atoms with Gasteiger partial charge in [-0.05, 0) is 110 Å². The molecule has 4 aromatic carbocycles. The normalized spacial score (nSPS) is 16.2. The lowest BCUT2D eigenvalue weighted by Gasteiger charge is -2.10. The number of epoxide rings is 2. The number of esters is 2. The molecule has 0 N–H and O–H groups in total. The first-order valence-corrected chi connectivity index (χ1v) is 15.2. The predicted octanol–water partition coefficient (Wildman–Crippen LogP) is 5.92. The Hall–Kier alpha value is -5.06. The van der Waals surface area contributed by atoms with Crippen molar-refractivity contribution in [1.29, 1.82) is 0 Å². The Morgan fingerprint density at radius 3 is 1.13 bits per heavy atom. The van der Waals surface area contributed by atoms with Crippen LogP contribution < -0.4 is 28.4 Å². The van der Waals surface area contributed by atoms with Crippen LogP contribution in [0.4, 0.5) is 0 Å². The molecule has 46 heavy (non-hydrogen) atoms. The molecule has 2 fully saturated rings. The number of hydrogen-bond acceptors (Lipinski definition) is 10. The third kappa shape index (κ3) is 9.72. The summed E-state index contributed by atoms with van der Waals surface area (Å²) in [6, 6.07) is 27.5. The van der Waals surface area contributed by atoms with E-state index in [0.717, 1.165) is 26.1 Å². The smallest absolute Gasteiger partial charge is 0.343 e. The summed E-state index contributed by atoms with van der Waals surface area (Å²) in [5.74, 6) is 2.68. The van der Waals surface area contributed by atoms with Gasteiger partial charge >= 0.3 is 11.9 Å². The Bertz CT molecular complexity index is 1440. The zero-order valence-electron chi connectivity index (χ0n) is 25.1. The first-order valence-electron chi connectivity index (χ1n) is 15.2. The summed E-state index contributed by atoms with van der Waals surface area (Å²) < 4.78 is 44.0. The lowest BCUT2D eigenvalue weighted by Crippen LogP contribution is -2.09. The lowest BCUT2D eigenvalue weighted by molar-refractivity contribution is 0.0725. The van der Waals surface area contributed by atoms with Gasteiger partial charge in [-0.15, -0.1) is 0 Å². The van der Waals surface area contributed by atoms with Gasteiger partial charge in [0.2, 0.25) is 0 Å². The van der Waals surface area contributed by atoms with Crippen LogP contribution in [0.25, 0.3) is 0 Å². The van der Waals surface area contributed by atoms with Crippen LogP contribution >= 0.6 is 0 Å². The van der Waals surface area contributed by atoms with Crippen molar-refractivity contribution in [3.8, 4) is 34.5 Å². The molecule has 4 aromatic rings. The van der Waals surface area contributed by atoms with Crippen LogP contribution in [0.5, 0.6) is 34.5 Å². The zero-order valence-corrected chi connectivity index (χ0v) is 25.1. The fourth-order valence-corrected chi connectivity index (χ4v) is 4.21. The van der Waals surface area contributed by atoms with Gasteiger partial charge in [-0.3, -0.25) is 0 Å². The number of benzene rings is 4. The summed E-state index contributed by atoms with van der Waals surface area (Å²) in [5, 5.41) is 0. The number of rotatable bonds is 17. The van der Waals surface area contributed by atoms with Gasteiger partial charge in [-0.25, -0.2) is 9.59 Å². The van der Waals surface area contributed by atoms with Crippen molar-refractivity contribution >= 4 is 11.9 Å². The van der Waals surface area contributed by atoms with Gasteiger partial charge in [0.05, 0.1) is 37.6 Å². The molecule has 0 amide bonds. The number of carbonyl (C=O) groups is 2. The Balaban J connectivity index is 0.837. The molecule has 0 saturated carbocycles. The number of unbranched alkanes of at least 4 members (excludes halogenated alkanes) is 1. The summed E-state index contributed by atoms with van der Waals surface area (Å²) in [6.07, 6.45) is 1.93. The molecule has 0 radical (unpaired) electrons. The van der Waals surface area contributed by atoms with Crippen LogP contribution in [0.2, 0.25) is 0 Å². The maximum atomic E-state index is 12.5. The Morgan fingerprint density at radius 2 is 0.783 bits per heavy atom. The molecule has 2 unspecified atom stereocenters. The number of carbonyl (C=O) groups excluding carboxylic acids is 2. The monoisotopic (exact) mass is 626 g/mol. The molecule has 2 heterocycles. The van der Waals surface area contributed by atoms with E-state index in [-0.39, 0.29) is 12.2 Å². The molecule has 10 heteroatoms. The molecule has 2 saturated heterocycles. The molecule has 238 valence electrons. The van der Waals surface area contributed by atoms with Crippen molar-refractivity contribution in [2.75, 3.05) is 39.6 Å². The second-order valence-corrected chi connectivity index (χ2v) is 10.7. The first kappa shape index (κ1) is 30.9. The minimum Gasteiger partial charge on any atom is -0.494 e. The molecular weight excluding hydrogens is 592 g/mol. The van der Waals surface area contributed by atoms with Gasteiger partial charge in [0.15, 0.2) is 0 Å². The fourth-order valence-electron chi connectivity index (χ4n) is 4.21. The van der Waals surface area contributed by atoms with Crippen LogP contribution in [0.3, 0.4) is 0 Å². The van der Waals surface area contributed by atoms with Crippen molar-refractivity contribution in [2.24, 2.45) is 0 Å². The van der Waals surface area contributed by atoms with E-state index >= 15 is 0 Å². The van der Waals surface area contributed by atoms with Gasteiger partial charge < -0.3 is 37.9 Å². The SMILES string of the molecule is O=C(Oc1ccc(OCCCCOc2ccc(OC(=O)c3ccc(OCC4CO4)cc3)cc2)cc1)c1ccc(OCC2CO2)cc1. The van der Waals surface area contributed by atoms with Crippen molar-refractivity contribution in [2.45, 2.75) is 25.0 Å². The maximum Gasteiger partial charge on any atom is 0.343 e. The molecule has 2 aliphatic heterocycles. The third-order valence-electron chi connectivity index (χ3n) is 7.00. The average molecular weight is 627 g/mol. The van der Waals surface area contributed by atoms with Crippen LogP contribution in [-0.4, -0.2) is 63.8 Å². The fraction of sp³-hybridized carbons (Fsp3) is 0.278. The highest BCUT2D eigenvalue weighted by Gasteiger charge is 2.24. The quantitative estimate of drug-likeness (QED) is 0.0606. The molecular formula is C36H34O10. The van der Waals surface area contributed by atoms with E-state index in [1.54, 1.807) is 97.1 Å². The summed E-state index contributed by atoms with van der Waals surface area (Å²) in [5.41, 5.74) is 0.862. The first-order chi connectivity index (χ1) is 22.6. The second-order valence-electron chi connectivity index (χ2n) is 10.7. The molecule has 2 atom stereocenters. The molecule has 6 rings (SSSR count). The van der Waals surface area contributed by atoms with Crippen LogP contribution in [0.15, 0.2) is 97.1 Å². The minimum atomic E-state index is -0.450. The average Bonchev–Trinajstić information content (AvgIpc) is 4.03. The van der Waals surface area contributed by atoms with E-state index < -0.39 is 11.9 Å². The van der Waals surface area contributed by atoms with E-state index in [1.807, 2.05) is 0 Å². The van der Waals surface area contributed by atoms with Gasteiger partial charge in [-0.1, -0.05) is 0 Å². The largest absolute Gasteiger partial charge is 0.494 e. The van der Waals surface area contributed by atoms with Crippen LogP contribution in [-0.2, 0) is 9.47 Å². The summed E-state index contributed by atoms with van der Waals surface area (Å²) >= 11 is 0. The summed E-state index contributed by atoms with van der Waals surface area (Å²) in [7, 11) is 0. The highest BCUT2D eigenvalue weighted by molar-refractivity contribution is 5.91. The molecule has 2 aliphatic rings. The third-order valence-corrected chi connectivity index (χ3v) is 7.00. The van der Waals surface area contributed by atoms with Crippen molar-refractivity contribution in [1.82, 2.24) is 0 Å². The van der Waals surface area contributed by atoms with Crippen LogP contribution in [0.1, 0.15) is 33.6 Å². The highest BCUT2D eigenvalue weighted by atomic mass is 16.6.